The van der Waals surface area contributed by atoms with Gasteiger partial charge >= 0.3 is 0 Å². The molecule has 0 unspecified atom stereocenters. The van der Waals surface area contributed by atoms with Crippen LogP contribution in [0.2, 0.25) is 25.7 Å². The molecule has 0 aliphatic carbocycles. The number of aromatic nitrogens is 2. The van der Waals surface area contributed by atoms with Crippen LogP contribution in [0.1, 0.15) is 37.9 Å². The van der Waals surface area contributed by atoms with Crippen LogP contribution in [0.5, 0.6) is 0 Å². The first-order valence-electron chi connectivity index (χ1n) is 14.2. The van der Waals surface area contributed by atoms with Crippen molar-refractivity contribution >= 4 is 43.2 Å². The van der Waals surface area contributed by atoms with E-state index in [1.165, 1.54) is 12.3 Å². The summed E-state index contributed by atoms with van der Waals surface area (Å²) in [5, 5.41) is 26.6. The van der Waals surface area contributed by atoms with Crippen LogP contribution in [-0.4, -0.2) is 72.2 Å². The number of carbonyl (C=O) groups is 2. The maximum absolute atomic E-state index is 13.1. The summed E-state index contributed by atoms with van der Waals surface area (Å²) in [6, 6.07) is 15.3. The smallest absolute Gasteiger partial charge is 0.262 e. The molecule has 2 aromatic carbocycles. The molecule has 11 nitrogen and oxygen atoms in total. The Kier molecular flexibility index (Phi) is 10.4. The summed E-state index contributed by atoms with van der Waals surface area (Å²) in [6.45, 7) is 11.7. The molecule has 12 heteroatoms. The first-order valence-corrected chi connectivity index (χ1v) is 17.9. The largest absolute Gasteiger partial charge is 0.394 e. The van der Waals surface area contributed by atoms with Crippen molar-refractivity contribution in [2.24, 2.45) is 0 Å². The summed E-state index contributed by atoms with van der Waals surface area (Å²) in [5.74, 6) is -0.431. The SMILES string of the molecule is C=CC(=N)NC(=O)c1cnc(Nc2ccc3c(c2)CCN(COCC[Si](C)(C)C)C3=O)nc1N[C@H](CO)c1ccccc1. The number of fused-ring (bicyclic) bond motifs is 1. The lowest BCUT2D eigenvalue weighted by atomic mass is 9.98. The molecule has 1 aliphatic heterocycles. The molecular formula is C31H39N7O4Si. The van der Waals surface area contributed by atoms with Crippen LogP contribution in [-0.2, 0) is 11.2 Å². The summed E-state index contributed by atoms with van der Waals surface area (Å²) >= 11 is 0. The number of benzene rings is 2. The molecule has 1 aromatic heterocycles. The maximum atomic E-state index is 13.1. The number of hydrogen-bond donors (Lipinski definition) is 5. The first kappa shape index (κ1) is 31.5. The standard InChI is InChI=1S/C31H39N7O4Si/c1-5-27(32)36-29(40)25-18-33-31(37-28(25)35-26(19-39)21-9-7-6-8-10-21)34-23-11-12-24-22(17-23)13-14-38(30(24)41)20-42-15-16-43(2,3)4/h5-12,17-18,26,39H,1,13-16,19-20H2,2-4H3,(H2,32,36,40)(H2,33,34,35,37)/t26-/m1/s1. The Labute approximate surface area is 252 Å². The molecule has 226 valence electrons. The third-order valence-corrected chi connectivity index (χ3v) is 8.66. The Morgan fingerprint density at radius 2 is 2.00 bits per heavy atom. The Balaban J connectivity index is 1.52. The topological polar surface area (TPSA) is 153 Å². The van der Waals surface area contributed by atoms with Gasteiger partial charge in [-0.2, -0.15) is 4.98 Å². The zero-order valence-corrected chi connectivity index (χ0v) is 25.8. The van der Waals surface area contributed by atoms with Crippen molar-refractivity contribution in [3.05, 3.63) is 89.6 Å². The molecule has 3 aromatic rings. The van der Waals surface area contributed by atoms with Gasteiger partial charge in [-0.05, 0) is 47.9 Å². The zero-order chi connectivity index (χ0) is 31.0. The number of hydrogen-bond acceptors (Lipinski definition) is 9. The van der Waals surface area contributed by atoms with E-state index in [-0.39, 0.29) is 42.4 Å². The van der Waals surface area contributed by atoms with E-state index in [2.05, 4.69) is 52.1 Å². The number of ether oxygens (including phenoxy) is 1. The van der Waals surface area contributed by atoms with Crippen LogP contribution in [0, 0.1) is 5.41 Å². The quantitative estimate of drug-likeness (QED) is 0.0827. The second kappa shape index (κ2) is 14.2. The highest BCUT2D eigenvalue weighted by molar-refractivity contribution is 6.76. The number of amides is 2. The van der Waals surface area contributed by atoms with Crippen molar-refractivity contribution in [1.29, 1.82) is 5.41 Å². The number of aliphatic hydroxyl groups excluding tert-OH is 1. The Morgan fingerprint density at radius 3 is 2.70 bits per heavy atom. The van der Waals surface area contributed by atoms with Crippen molar-refractivity contribution in [1.82, 2.24) is 20.2 Å². The zero-order valence-electron chi connectivity index (χ0n) is 24.8. The molecule has 5 N–H and O–H groups in total. The average Bonchev–Trinajstić information content (AvgIpc) is 2.99. The monoisotopic (exact) mass is 601 g/mol. The Morgan fingerprint density at radius 1 is 1.23 bits per heavy atom. The minimum absolute atomic E-state index is 0.0556. The van der Waals surface area contributed by atoms with Crippen molar-refractivity contribution in [2.75, 3.05) is 37.1 Å². The number of carbonyl (C=O) groups excluding carboxylic acids is 2. The fraction of sp³-hybridized carbons (Fsp3) is 0.323. The average molecular weight is 602 g/mol. The van der Waals surface area contributed by atoms with Crippen LogP contribution in [0.4, 0.5) is 17.5 Å². The highest BCUT2D eigenvalue weighted by atomic mass is 28.3. The van der Waals surface area contributed by atoms with E-state index in [4.69, 9.17) is 10.1 Å². The van der Waals surface area contributed by atoms with E-state index in [0.717, 1.165) is 17.2 Å². The van der Waals surface area contributed by atoms with Gasteiger partial charge in [-0.15, -0.1) is 0 Å². The summed E-state index contributed by atoms with van der Waals surface area (Å²) < 4.78 is 5.81. The van der Waals surface area contributed by atoms with Crippen LogP contribution in [0.25, 0.3) is 0 Å². The molecule has 0 radical (unpaired) electrons. The first-order chi connectivity index (χ1) is 20.6. The van der Waals surface area contributed by atoms with Crippen molar-refractivity contribution < 1.29 is 19.4 Å². The molecule has 2 amide bonds. The second-order valence-electron chi connectivity index (χ2n) is 11.5. The lowest BCUT2D eigenvalue weighted by Crippen LogP contribution is -2.39. The Hall–Kier alpha value is -4.39. The molecule has 4 rings (SSSR count). The number of anilines is 3. The Bertz CT molecular complexity index is 1480. The minimum atomic E-state index is -1.20. The third-order valence-electron chi connectivity index (χ3n) is 6.95. The summed E-state index contributed by atoms with van der Waals surface area (Å²) in [4.78, 5) is 36.6. The fourth-order valence-electron chi connectivity index (χ4n) is 4.46. The van der Waals surface area contributed by atoms with Crippen LogP contribution < -0.4 is 16.0 Å². The lowest BCUT2D eigenvalue weighted by Gasteiger charge is -2.29. The van der Waals surface area contributed by atoms with Gasteiger partial charge in [0.2, 0.25) is 5.95 Å². The van der Waals surface area contributed by atoms with Gasteiger partial charge in [-0.1, -0.05) is 56.6 Å². The van der Waals surface area contributed by atoms with Gasteiger partial charge in [-0.25, -0.2) is 4.98 Å². The van der Waals surface area contributed by atoms with E-state index in [0.29, 0.717) is 30.8 Å². The molecule has 2 heterocycles. The number of nitrogens with zero attached hydrogens (tertiary/aromatic N) is 3. The van der Waals surface area contributed by atoms with Crippen LogP contribution in [0.15, 0.2) is 67.4 Å². The second-order valence-corrected chi connectivity index (χ2v) is 17.1. The molecule has 0 fully saturated rings. The molecule has 43 heavy (non-hydrogen) atoms. The van der Waals surface area contributed by atoms with Gasteiger partial charge in [0.15, 0.2) is 0 Å². The normalized spacial score (nSPS) is 13.6. The number of nitrogens with one attached hydrogen (secondary N) is 4. The molecule has 1 atom stereocenters. The summed E-state index contributed by atoms with van der Waals surface area (Å²) in [5.41, 5.74) is 3.13. The van der Waals surface area contributed by atoms with Crippen molar-refractivity contribution in [3.63, 3.8) is 0 Å². The van der Waals surface area contributed by atoms with E-state index in [1.807, 2.05) is 36.4 Å². The molecule has 0 saturated carbocycles. The van der Waals surface area contributed by atoms with Gasteiger partial charge in [0.25, 0.3) is 11.8 Å². The van der Waals surface area contributed by atoms with Gasteiger partial charge in [0.05, 0.1) is 12.6 Å². The molecule has 1 aliphatic rings. The van der Waals surface area contributed by atoms with Crippen LogP contribution in [0.3, 0.4) is 0 Å². The fourth-order valence-corrected chi connectivity index (χ4v) is 5.22. The number of aliphatic hydroxyl groups is 1. The molecular weight excluding hydrogens is 562 g/mol. The van der Waals surface area contributed by atoms with Crippen molar-refractivity contribution in [3.8, 4) is 0 Å². The van der Waals surface area contributed by atoms with E-state index >= 15 is 0 Å². The van der Waals surface area contributed by atoms with Gasteiger partial charge in [0.1, 0.15) is 23.9 Å². The predicted octanol–water partition coefficient (Wildman–Crippen LogP) is 4.57. The van der Waals surface area contributed by atoms with Crippen molar-refractivity contribution in [2.45, 2.75) is 38.1 Å². The molecule has 0 spiro atoms. The van der Waals surface area contributed by atoms with Gasteiger partial charge in [0, 0.05) is 38.7 Å². The number of rotatable bonds is 13. The lowest BCUT2D eigenvalue weighted by molar-refractivity contribution is 0.0262. The van der Waals surface area contributed by atoms with E-state index in [1.54, 1.807) is 17.0 Å². The third kappa shape index (κ3) is 8.57. The van der Waals surface area contributed by atoms with Crippen LogP contribution >= 0.6 is 0 Å². The minimum Gasteiger partial charge on any atom is -0.394 e. The molecule has 0 saturated heterocycles. The maximum Gasteiger partial charge on any atom is 0.262 e. The summed E-state index contributed by atoms with van der Waals surface area (Å²) in [7, 11) is -1.20. The van der Waals surface area contributed by atoms with Gasteiger partial charge in [-0.3, -0.25) is 15.0 Å². The van der Waals surface area contributed by atoms with E-state index in [9.17, 15) is 14.7 Å². The highest BCUT2D eigenvalue weighted by Crippen LogP contribution is 2.26. The molecule has 0 bridgehead atoms. The number of amidine groups is 1. The van der Waals surface area contributed by atoms with E-state index < -0.39 is 20.0 Å². The van der Waals surface area contributed by atoms with Gasteiger partial charge < -0.3 is 30.7 Å². The summed E-state index contributed by atoms with van der Waals surface area (Å²) in [6.07, 6.45) is 3.25. The highest BCUT2D eigenvalue weighted by Gasteiger charge is 2.25. The predicted molar refractivity (Wildman–Crippen MR) is 171 cm³/mol.